The van der Waals surface area contributed by atoms with Crippen molar-refractivity contribution >= 4 is 49.1 Å². The number of benzene rings is 2. The van der Waals surface area contributed by atoms with Gasteiger partial charge < -0.3 is 15.4 Å². The smallest absolute Gasteiger partial charge is 0.258 e. The highest BCUT2D eigenvalue weighted by molar-refractivity contribution is 9.10. The summed E-state index contributed by atoms with van der Waals surface area (Å²) in [7, 11) is 3.27. The highest BCUT2D eigenvalue weighted by atomic mass is 79.9. The van der Waals surface area contributed by atoms with Crippen molar-refractivity contribution in [1.29, 1.82) is 0 Å². The minimum absolute atomic E-state index is 0.146. The summed E-state index contributed by atoms with van der Waals surface area (Å²) >= 11 is 6.73. The first kappa shape index (κ1) is 15.9. The molecule has 0 radical (unpaired) electrons. The van der Waals surface area contributed by atoms with Crippen molar-refractivity contribution < 1.29 is 9.53 Å². The zero-order chi connectivity index (χ0) is 15.6. The molecule has 0 heterocycles. The maximum absolute atomic E-state index is 12.5. The van der Waals surface area contributed by atoms with Crippen LogP contribution >= 0.6 is 31.9 Å². The van der Waals surface area contributed by atoms with Gasteiger partial charge in [0.15, 0.2) is 0 Å². The quantitative estimate of drug-likeness (QED) is 0.771. The van der Waals surface area contributed by atoms with E-state index >= 15 is 0 Å². The molecule has 1 amide bonds. The lowest BCUT2D eigenvalue weighted by Crippen LogP contribution is -2.27. The minimum Gasteiger partial charge on any atom is -0.496 e. The molecule has 0 unspecified atom stereocenters. The van der Waals surface area contributed by atoms with Crippen molar-refractivity contribution in [3.05, 3.63) is 50.9 Å². The monoisotopic (exact) mass is 412 g/mol. The molecule has 0 aliphatic rings. The average molecular weight is 414 g/mol. The number of hydrogen-bond donors (Lipinski definition) is 1. The van der Waals surface area contributed by atoms with Gasteiger partial charge in [0.2, 0.25) is 0 Å². The molecule has 0 bridgehead atoms. The van der Waals surface area contributed by atoms with Crippen LogP contribution in [0.4, 0.5) is 11.4 Å². The molecule has 2 aromatic rings. The molecule has 110 valence electrons. The topological polar surface area (TPSA) is 55.6 Å². The molecule has 0 saturated carbocycles. The van der Waals surface area contributed by atoms with E-state index < -0.39 is 0 Å². The number of carbonyl (C=O) groups excluding carboxylic acids is 1. The molecule has 0 saturated heterocycles. The van der Waals surface area contributed by atoms with E-state index in [1.807, 2.05) is 6.07 Å². The molecule has 0 fully saturated rings. The first-order chi connectivity index (χ1) is 9.93. The van der Waals surface area contributed by atoms with Crippen LogP contribution in [0.5, 0.6) is 5.75 Å². The Kier molecular flexibility index (Phi) is 4.90. The third-order valence-corrected chi connectivity index (χ3v) is 4.17. The maximum atomic E-state index is 12.5. The Hall–Kier alpha value is -1.53. The molecular weight excluding hydrogens is 400 g/mol. The second kappa shape index (κ2) is 6.49. The van der Waals surface area contributed by atoms with Gasteiger partial charge >= 0.3 is 0 Å². The number of nitrogens with zero attached hydrogens (tertiary/aromatic N) is 1. The molecule has 2 N–H and O–H groups in total. The fourth-order valence-corrected chi connectivity index (χ4v) is 2.85. The first-order valence-corrected chi connectivity index (χ1v) is 7.69. The van der Waals surface area contributed by atoms with E-state index in [9.17, 15) is 4.79 Å². The second-order valence-electron chi connectivity index (χ2n) is 4.42. The molecule has 21 heavy (non-hydrogen) atoms. The third-order valence-electron chi connectivity index (χ3n) is 3.05. The Labute approximate surface area is 140 Å². The van der Waals surface area contributed by atoms with Crippen LogP contribution in [-0.2, 0) is 0 Å². The molecule has 2 aromatic carbocycles. The molecule has 0 aliphatic heterocycles. The number of carbonyl (C=O) groups is 1. The number of methoxy groups -OCH3 is 1. The van der Waals surface area contributed by atoms with Gasteiger partial charge in [-0.15, -0.1) is 0 Å². The normalized spacial score (nSPS) is 10.3. The van der Waals surface area contributed by atoms with Crippen LogP contribution in [0, 0.1) is 0 Å². The predicted molar refractivity (Wildman–Crippen MR) is 92.0 cm³/mol. The summed E-state index contributed by atoms with van der Waals surface area (Å²) in [4.78, 5) is 14.1. The van der Waals surface area contributed by atoms with Gasteiger partial charge in [0.25, 0.3) is 5.91 Å². The molecule has 2 rings (SSSR count). The Bertz CT molecular complexity index is 689. The fraction of sp³-hybridized carbons (Fsp3) is 0.133. The van der Waals surface area contributed by atoms with Crippen LogP contribution in [0.3, 0.4) is 0 Å². The van der Waals surface area contributed by atoms with Crippen molar-refractivity contribution in [2.24, 2.45) is 0 Å². The summed E-state index contributed by atoms with van der Waals surface area (Å²) in [5.41, 5.74) is 7.71. The van der Waals surface area contributed by atoms with Crippen molar-refractivity contribution in [3.8, 4) is 5.75 Å². The number of hydrogen-bond acceptors (Lipinski definition) is 3. The van der Waals surface area contributed by atoms with Gasteiger partial charge in [-0.05, 0) is 52.3 Å². The van der Waals surface area contributed by atoms with Gasteiger partial charge in [0.05, 0.1) is 23.0 Å². The maximum Gasteiger partial charge on any atom is 0.258 e. The summed E-state index contributed by atoms with van der Waals surface area (Å²) in [6.45, 7) is 0. The lowest BCUT2D eigenvalue weighted by atomic mass is 10.1. The van der Waals surface area contributed by atoms with Crippen LogP contribution in [0.1, 0.15) is 10.4 Å². The lowest BCUT2D eigenvalue weighted by Gasteiger charge is -2.20. The number of amides is 1. The molecule has 0 aromatic heterocycles. The number of halogens is 2. The molecule has 0 aliphatic carbocycles. The largest absolute Gasteiger partial charge is 0.496 e. The van der Waals surface area contributed by atoms with Crippen molar-refractivity contribution in [3.63, 3.8) is 0 Å². The van der Waals surface area contributed by atoms with E-state index in [-0.39, 0.29) is 5.91 Å². The first-order valence-electron chi connectivity index (χ1n) is 6.10. The SMILES string of the molecule is COc1ccc(C(=O)N(C)c2ccc(Br)cc2N)cc1Br. The van der Waals surface area contributed by atoms with E-state index in [4.69, 9.17) is 10.5 Å². The summed E-state index contributed by atoms with van der Waals surface area (Å²) in [5, 5.41) is 0. The zero-order valence-corrected chi connectivity index (χ0v) is 14.7. The Morgan fingerprint density at radius 1 is 1.19 bits per heavy atom. The number of nitrogens with two attached hydrogens (primary N) is 1. The summed E-state index contributed by atoms with van der Waals surface area (Å²) < 4.78 is 6.76. The number of nitrogen functional groups attached to an aromatic ring is 1. The third kappa shape index (κ3) is 3.39. The van der Waals surface area contributed by atoms with E-state index in [1.54, 1.807) is 44.5 Å². The van der Waals surface area contributed by atoms with E-state index in [0.29, 0.717) is 22.7 Å². The van der Waals surface area contributed by atoms with Crippen LogP contribution in [0.2, 0.25) is 0 Å². The van der Waals surface area contributed by atoms with Gasteiger partial charge in [-0.1, -0.05) is 15.9 Å². The number of anilines is 2. The highest BCUT2D eigenvalue weighted by Gasteiger charge is 2.17. The van der Waals surface area contributed by atoms with Gasteiger partial charge in [-0.2, -0.15) is 0 Å². The second-order valence-corrected chi connectivity index (χ2v) is 6.19. The Morgan fingerprint density at radius 2 is 1.90 bits per heavy atom. The summed E-state index contributed by atoms with van der Waals surface area (Å²) in [6.07, 6.45) is 0. The zero-order valence-electron chi connectivity index (χ0n) is 11.6. The van der Waals surface area contributed by atoms with E-state index in [1.165, 1.54) is 4.90 Å². The van der Waals surface area contributed by atoms with Crippen LogP contribution in [-0.4, -0.2) is 20.1 Å². The highest BCUT2D eigenvalue weighted by Crippen LogP contribution is 2.29. The lowest BCUT2D eigenvalue weighted by molar-refractivity contribution is 0.0993. The molecule has 0 spiro atoms. The number of ether oxygens (including phenoxy) is 1. The predicted octanol–water partition coefficient (Wildman–Crippen LogP) is 4.08. The van der Waals surface area contributed by atoms with Crippen LogP contribution in [0.15, 0.2) is 45.3 Å². The molecular formula is C15H14Br2N2O2. The van der Waals surface area contributed by atoms with Crippen molar-refractivity contribution in [2.45, 2.75) is 0 Å². The van der Waals surface area contributed by atoms with Crippen LogP contribution in [0.25, 0.3) is 0 Å². The summed E-state index contributed by atoms with van der Waals surface area (Å²) in [6, 6.07) is 10.6. The average Bonchev–Trinajstić information content (AvgIpc) is 2.45. The fourth-order valence-electron chi connectivity index (χ4n) is 1.93. The minimum atomic E-state index is -0.146. The molecule has 0 atom stereocenters. The molecule has 4 nitrogen and oxygen atoms in total. The van der Waals surface area contributed by atoms with Gasteiger partial charge in [0, 0.05) is 17.1 Å². The van der Waals surface area contributed by atoms with Crippen molar-refractivity contribution in [1.82, 2.24) is 0 Å². The van der Waals surface area contributed by atoms with Gasteiger partial charge in [-0.3, -0.25) is 4.79 Å². The van der Waals surface area contributed by atoms with Gasteiger partial charge in [0.1, 0.15) is 5.75 Å². The Morgan fingerprint density at radius 3 is 2.48 bits per heavy atom. The summed E-state index contributed by atoms with van der Waals surface area (Å²) in [5.74, 6) is 0.532. The van der Waals surface area contributed by atoms with Gasteiger partial charge in [-0.25, -0.2) is 0 Å². The van der Waals surface area contributed by atoms with Crippen molar-refractivity contribution in [2.75, 3.05) is 24.8 Å². The molecule has 6 heteroatoms. The Balaban J connectivity index is 2.32. The van der Waals surface area contributed by atoms with Crippen LogP contribution < -0.4 is 15.4 Å². The standard InChI is InChI=1S/C15H14Br2N2O2/c1-19(13-5-4-10(16)8-12(13)18)15(20)9-3-6-14(21-2)11(17)7-9/h3-8H,18H2,1-2H3. The van der Waals surface area contributed by atoms with E-state index in [0.717, 1.165) is 8.95 Å². The van der Waals surface area contributed by atoms with E-state index in [2.05, 4.69) is 31.9 Å². The number of rotatable bonds is 3.